The second-order valence-electron chi connectivity index (χ2n) is 8.13. The van der Waals surface area contributed by atoms with Crippen LogP contribution in [0.5, 0.6) is 0 Å². The number of allylic oxidation sites excluding steroid dienone is 7. The summed E-state index contributed by atoms with van der Waals surface area (Å²) in [7, 11) is 0. The molecule has 3 unspecified atom stereocenters. The van der Waals surface area contributed by atoms with Gasteiger partial charge in [0.15, 0.2) is 0 Å². The highest BCUT2D eigenvalue weighted by atomic mass is 14.4. The van der Waals surface area contributed by atoms with Crippen molar-refractivity contribution in [1.29, 1.82) is 0 Å². The van der Waals surface area contributed by atoms with Crippen LogP contribution >= 0.6 is 0 Å². The molecule has 27 heavy (non-hydrogen) atoms. The van der Waals surface area contributed by atoms with Crippen LogP contribution in [0.4, 0.5) is 0 Å². The average Bonchev–Trinajstić information content (AvgIpc) is 2.67. The first-order valence-corrected chi connectivity index (χ1v) is 9.95. The quantitative estimate of drug-likeness (QED) is 0.495. The third-order valence-electron chi connectivity index (χ3n) is 6.12. The molecule has 136 valence electrons. The summed E-state index contributed by atoms with van der Waals surface area (Å²) in [5, 5.41) is 0. The molecule has 2 aliphatic rings. The van der Waals surface area contributed by atoms with Crippen molar-refractivity contribution in [2.75, 3.05) is 0 Å². The van der Waals surface area contributed by atoms with E-state index < -0.39 is 0 Å². The van der Waals surface area contributed by atoms with Crippen LogP contribution in [0.1, 0.15) is 36.0 Å². The Morgan fingerprint density at radius 2 is 1.81 bits per heavy atom. The van der Waals surface area contributed by atoms with E-state index in [1.54, 1.807) is 5.57 Å². The molecular weight excluding hydrogens is 324 g/mol. The molecule has 1 fully saturated rings. The molecule has 0 heteroatoms. The molecule has 0 N–H and O–H groups in total. The summed E-state index contributed by atoms with van der Waals surface area (Å²) in [4.78, 5) is 0. The van der Waals surface area contributed by atoms with Gasteiger partial charge in [0.2, 0.25) is 0 Å². The van der Waals surface area contributed by atoms with Crippen molar-refractivity contribution in [2.24, 2.45) is 11.8 Å². The van der Waals surface area contributed by atoms with E-state index in [4.69, 9.17) is 0 Å². The van der Waals surface area contributed by atoms with E-state index in [-0.39, 0.29) is 0 Å². The summed E-state index contributed by atoms with van der Waals surface area (Å²) in [6, 6.07) is 15.6. The third-order valence-corrected chi connectivity index (χ3v) is 6.12. The number of fused-ring (bicyclic) bond motifs is 2. The molecule has 2 aliphatic carbocycles. The van der Waals surface area contributed by atoms with E-state index in [9.17, 15) is 0 Å². The first-order valence-electron chi connectivity index (χ1n) is 9.95. The summed E-state index contributed by atoms with van der Waals surface area (Å²) in [6.45, 7) is 11.0. The summed E-state index contributed by atoms with van der Waals surface area (Å²) >= 11 is 0. The summed E-state index contributed by atoms with van der Waals surface area (Å²) < 4.78 is 0. The number of rotatable bonds is 5. The van der Waals surface area contributed by atoms with Gasteiger partial charge < -0.3 is 0 Å². The fourth-order valence-corrected chi connectivity index (χ4v) is 4.35. The molecule has 0 aromatic heterocycles. The molecule has 0 saturated heterocycles. The van der Waals surface area contributed by atoms with Crippen molar-refractivity contribution in [3.63, 3.8) is 0 Å². The number of benzene rings is 2. The van der Waals surface area contributed by atoms with E-state index in [0.29, 0.717) is 17.8 Å². The highest BCUT2D eigenvalue weighted by Crippen LogP contribution is 2.47. The Labute approximate surface area is 163 Å². The van der Waals surface area contributed by atoms with Crippen molar-refractivity contribution in [3.05, 3.63) is 107 Å². The lowest BCUT2D eigenvalue weighted by molar-refractivity contribution is 0.387. The Balaban J connectivity index is 1.53. The van der Waals surface area contributed by atoms with Crippen LogP contribution in [-0.4, -0.2) is 0 Å². The average molecular weight is 353 g/mol. The lowest BCUT2D eigenvalue weighted by Crippen LogP contribution is -2.30. The van der Waals surface area contributed by atoms with E-state index in [1.807, 2.05) is 0 Å². The molecule has 0 heterocycles. The van der Waals surface area contributed by atoms with Crippen LogP contribution in [0.3, 0.4) is 0 Å². The molecule has 0 radical (unpaired) electrons. The zero-order valence-electron chi connectivity index (χ0n) is 16.6. The molecule has 3 atom stereocenters. The van der Waals surface area contributed by atoms with Crippen LogP contribution in [0.15, 0.2) is 90.6 Å². The van der Waals surface area contributed by atoms with Gasteiger partial charge in [-0.25, -0.2) is 0 Å². The third kappa shape index (κ3) is 3.49. The maximum atomic E-state index is 4.36. The maximum Gasteiger partial charge on any atom is 0.0111 e. The van der Waals surface area contributed by atoms with Crippen LogP contribution in [0.2, 0.25) is 0 Å². The molecule has 0 amide bonds. The smallest absolute Gasteiger partial charge is 0.0111 e. The summed E-state index contributed by atoms with van der Waals surface area (Å²) in [6.07, 6.45) is 12.6. The Hall–Kier alpha value is -2.60. The van der Waals surface area contributed by atoms with Gasteiger partial charge in [-0.05, 0) is 59.9 Å². The second kappa shape index (κ2) is 7.19. The Kier molecular flexibility index (Phi) is 4.74. The zero-order valence-corrected chi connectivity index (χ0v) is 16.6. The molecular formula is C27H28. The van der Waals surface area contributed by atoms with Crippen LogP contribution in [-0.2, 0) is 0 Å². The normalized spacial score (nSPS) is 21.7. The number of aryl methyl sites for hydroxylation is 2. The molecule has 0 nitrogen and oxygen atoms in total. The van der Waals surface area contributed by atoms with Crippen LogP contribution < -0.4 is 0 Å². The predicted molar refractivity (Wildman–Crippen MR) is 117 cm³/mol. The summed E-state index contributed by atoms with van der Waals surface area (Å²) in [5.74, 6) is 1.58. The standard InChI is InChI=1S/C27H28/c1-18-8-13-22(14-9-18)23-15-12-20(3)26(17-23)19(2)10-11-21(4)27-24-6-5-7-25(27)16-24/h5-15,17,19,24,27H,4,16H2,1-3H3/b11-10-. The van der Waals surface area contributed by atoms with Gasteiger partial charge in [-0.15, -0.1) is 0 Å². The number of hydrogen-bond donors (Lipinski definition) is 0. The van der Waals surface area contributed by atoms with Gasteiger partial charge in [0.25, 0.3) is 0 Å². The van der Waals surface area contributed by atoms with Gasteiger partial charge in [-0.3, -0.25) is 0 Å². The molecule has 0 spiro atoms. The van der Waals surface area contributed by atoms with Crippen molar-refractivity contribution in [3.8, 4) is 11.1 Å². The van der Waals surface area contributed by atoms with Gasteiger partial charge in [0.1, 0.15) is 0 Å². The Bertz CT molecular complexity index is 950. The topological polar surface area (TPSA) is 0 Å². The van der Waals surface area contributed by atoms with E-state index in [0.717, 1.165) is 0 Å². The highest BCUT2D eigenvalue weighted by molar-refractivity contribution is 5.65. The lowest BCUT2D eigenvalue weighted by atomic mass is 9.63. The van der Waals surface area contributed by atoms with Gasteiger partial charge >= 0.3 is 0 Å². The Morgan fingerprint density at radius 1 is 1.07 bits per heavy atom. The fourth-order valence-electron chi connectivity index (χ4n) is 4.35. The van der Waals surface area contributed by atoms with E-state index >= 15 is 0 Å². The van der Waals surface area contributed by atoms with E-state index in [2.05, 4.69) is 100 Å². The monoisotopic (exact) mass is 352 g/mol. The molecule has 2 aromatic rings. The van der Waals surface area contributed by atoms with Crippen molar-refractivity contribution in [1.82, 2.24) is 0 Å². The van der Waals surface area contributed by atoms with Crippen LogP contribution in [0, 0.1) is 25.7 Å². The van der Waals surface area contributed by atoms with Gasteiger partial charge in [-0.2, -0.15) is 0 Å². The van der Waals surface area contributed by atoms with Crippen molar-refractivity contribution < 1.29 is 0 Å². The molecule has 4 rings (SSSR count). The molecule has 1 saturated carbocycles. The second-order valence-corrected chi connectivity index (χ2v) is 8.13. The SMILES string of the molecule is C=C(/C=C\C(C)c1cc(-c2ccc(C)cc2)ccc1C)C1C2=CC=CC1C2. The number of hydrogen-bond acceptors (Lipinski definition) is 0. The minimum Gasteiger partial charge on any atom is -0.0952 e. The van der Waals surface area contributed by atoms with E-state index in [1.165, 1.54) is 39.8 Å². The largest absolute Gasteiger partial charge is 0.0952 e. The first kappa shape index (κ1) is 17.8. The fraction of sp³-hybridized carbons (Fsp3) is 0.259. The summed E-state index contributed by atoms with van der Waals surface area (Å²) in [5.41, 5.74) is 9.40. The minimum atomic E-state index is 0.372. The van der Waals surface area contributed by atoms with Crippen molar-refractivity contribution >= 4 is 0 Å². The van der Waals surface area contributed by atoms with Crippen molar-refractivity contribution in [2.45, 2.75) is 33.1 Å². The highest BCUT2D eigenvalue weighted by Gasteiger charge is 2.36. The lowest BCUT2D eigenvalue weighted by Gasteiger charge is -2.41. The van der Waals surface area contributed by atoms with Gasteiger partial charge in [-0.1, -0.05) is 97.5 Å². The predicted octanol–water partition coefficient (Wildman–Crippen LogP) is 7.32. The van der Waals surface area contributed by atoms with Gasteiger partial charge in [0, 0.05) is 5.92 Å². The van der Waals surface area contributed by atoms with Crippen LogP contribution in [0.25, 0.3) is 11.1 Å². The molecule has 2 bridgehead atoms. The zero-order chi connectivity index (χ0) is 19.0. The first-order chi connectivity index (χ1) is 13.0. The van der Waals surface area contributed by atoms with Gasteiger partial charge in [0.05, 0.1) is 0 Å². The minimum absolute atomic E-state index is 0.372. The molecule has 0 aliphatic heterocycles. The molecule has 2 aromatic carbocycles. The maximum absolute atomic E-state index is 4.36. The Morgan fingerprint density at radius 3 is 2.48 bits per heavy atom.